The standard InChI is InChI=1S/C17H16FNO3/c1-21-12-6-8-13(9-7-12)22-14-10-19(11-14)17(20)15-4-2-3-5-16(15)18/h2-9,14H,10-11H2,1H3. The molecule has 2 aromatic carbocycles. The van der Waals surface area contributed by atoms with E-state index < -0.39 is 5.82 Å². The molecule has 0 radical (unpaired) electrons. The lowest BCUT2D eigenvalue weighted by atomic mass is 10.1. The van der Waals surface area contributed by atoms with E-state index in [9.17, 15) is 9.18 Å². The van der Waals surface area contributed by atoms with Crippen molar-refractivity contribution in [2.24, 2.45) is 0 Å². The first-order valence-corrected chi connectivity index (χ1v) is 7.02. The van der Waals surface area contributed by atoms with Gasteiger partial charge >= 0.3 is 0 Å². The molecule has 1 saturated heterocycles. The molecular formula is C17H16FNO3. The van der Waals surface area contributed by atoms with Gasteiger partial charge in [-0.05, 0) is 36.4 Å². The lowest BCUT2D eigenvalue weighted by Crippen LogP contribution is -2.56. The zero-order valence-corrected chi connectivity index (χ0v) is 12.2. The summed E-state index contributed by atoms with van der Waals surface area (Å²) in [7, 11) is 1.61. The van der Waals surface area contributed by atoms with Crippen LogP contribution in [0, 0.1) is 5.82 Å². The SMILES string of the molecule is COc1ccc(OC2CN(C(=O)c3ccccc3F)C2)cc1. The summed E-state index contributed by atoms with van der Waals surface area (Å²) in [6, 6.07) is 13.3. The minimum Gasteiger partial charge on any atom is -0.497 e. The van der Waals surface area contributed by atoms with E-state index >= 15 is 0 Å². The molecule has 0 unspecified atom stereocenters. The zero-order valence-electron chi connectivity index (χ0n) is 12.2. The third-order valence-electron chi connectivity index (χ3n) is 3.60. The lowest BCUT2D eigenvalue weighted by molar-refractivity contribution is 0.0174. The van der Waals surface area contributed by atoms with Crippen molar-refractivity contribution in [1.29, 1.82) is 0 Å². The van der Waals surface area contributed by atoms with Crippen molar-refractivity contribution in [2.45, 2.75) is 6.10 Å². The average molecular weight is 301 g/mol. The van der Waals surface area contributed by atoms with Gasteiger partial charge in [0.2, 0.25) is 0 Å². The van der Waals surface area contributed by atoms with Gasteiger partial charge in [0.25, 0.3) is 5.91 Å². The topological polar surface area (TPSA) is 38.8 Å². The van der Waals surface area contributed by atoms with Crippen molar-refractivity contribution in [2.75, 3.05) is 20.2 Å². The summed E-state index contributed by atoms with van der Waals surface area (Å²) in [4.78, 5) is 13.7. The molecule has 5 heteroatoms. The van der Waals surface area contributed by atoms with Gasteiger partial charge in [-0.15, -0.1) is 0 Å². The maximum absolute atomic E-state index is 13.6. The number of amides is 1. The molecule has 0 atom stereocenters. The Hall–Kier alpha value is -2.56. The van der Waals surface area contributed by atoms with Crippen molar-refractivity contribution >= 4 is 5.91 Å². The summed E-state index contributed by atoms with van der Waals surface area (Å²) < 4.78 is 24.4. The van der Waals surface area contributed by atoms with Crippen LogP contribution in [0.2, 0.25) is 0 Å². The maximum Gasteiger partial charge on any atom is 0.257 e. The van der Waals surface area contributed by atoms with Gasteiger partial charge in [0.05, 0.1) is 25.8 Å². The van der Waals surface area contributed by atoms with Gasteiger partial charge in [-0.1, -0.05) is 12.1 Å². The first-order valence-electron chi connectivity index (χ1n) is 7.02. The van der Waals surface area contributed by atoms with Crippen molar-refractivity contribution in [1.82, 2.24) is 4.90 Å². The molecule has 1 aliphatic heterocycles. The highest BCUT2D eigenvalue weighted by atomic mass is 19.1. The van der Waals surface area contributed by atoms with Crippen LogP contribution in [0.3, 0.4) is 0 Å². The highest BCUT2D eigenvalue weighted by Gasteiger charge is 2.33. The number of hydrogen-bond donors (Lipinski definition) is 0. The van der Waals surface area contributed by atoms with Crippen molar-refractivity contribution in [3.05, 3.63) is 59.9 Å². The highest BCUT2D eigenvalue weighted by Crippen LogP contribution is 2.22. The first-order chi connectivity index (χ1) is 10.7. The summed E-state index contributed by atoms with van der Waals surface area (Å²) in [5, 5.41) is 0. The van der Waals surface area contributed by atoms with Gasteiger partial charge in [-0.2, -0.15) is 0 Å². The lowest BCUT2D eigenvalue weighted by Gasteiger charge is -2.39. The van der Waals surface area contributed by atoms with Crippen molar-refractivity contribution in [3.8, 4) is 11.5 Å². The second-order valence-electron chi connectivity index (χ2n) is 5.11. The molecule has 1 fully saturated rings. The van der Waals surface area contributed by atoms with E-state index in [4.69, 9.17) is 9.47 Å². The van der Waals surface area contributed by atoms with Gasteiger partial charge in [0.15, 0.2) is 0 Å². The molecule has 1 aliphatic rings. The average Bonchev–Trinajstić information content (AvgIpc) is 2.51. The normalized spacial score (nSPS) is 14.4. The summed E-state index contributed by atoms with van der Waals surface area (Å²) >= 11 is 0. The minimum atomic E-state index is -0.493. The Morgan fingerprint density at radius 1 is 1.09 bits per heavy atom. The summed E-state index contributed by atoms with van der Waals surface area (Å²) in [6.45, 7) is 0.915. The summed E-state index contributed by atoms with van der Waals surface area (Å²) in [5.74, 6) is 0.695. The van der Waals surface area contributed by atoms with Crippen LogP contribution in [0.1, 0.15) is 10.4 Å². The van der Waals surface area contributed by atoms with E-state index in [0.29, 0.717) is 13.1 Å². The predicted molar refractivity (Wildman–Crippen MR) is 79.7 cm³/mol. The van der Waals surface area contributed by atoms with E-state index in [1.807, 2.05) is 24.3 Å². The molecule has 1 amide bonds. The maximum atomic E-state index is 13.6. The second-order valence-corrected chi connectivity index (χ2v) is 5.11. The first kappa shape index (κ1) is 14.4. The number of rotatable bonds is 4. The Morgan fingerprint density at radius 2 is 1.73 bits per heavy atom. The van der Waals surface area contributed by atoms with E-state index in [1.165, 1.54) is 12.1 Å². The van der Waals surface area contributed by atoms with Gasteiger partial charge in [-0.3, -0.25) is 4.79 Å². The monoisotopic (exact) mass is 301 g/mol. The molecule has 0 bridgehead atoms. The number of carbonyl (C=O) groups excluding carboxylic acids is 1. The van der Waals surface area contributed by atoms with Crippen LogP contribution < -0.4 is 9.47 Å². The number of methoxy groups -OCH3 is 1. The van der Waals surface area contributed by atoms with Crippen LogP contribution in [0.25, 0.3) is 0 Å². The Bertz CT molecular complexity index is 666. The fraction of sp³-hybridized carbons (Fsp3) is 0.235. The Kier molecular flexibility index (Phi) is 3.96. The van der Waals surface area contributed by atoms with Crippen LogP contribution in [0.5, 0.6) is 11.5 Å². The smallest absolute Gasteiger partial charge is 0.257 e. The summed E-state index contributed by atoms with van der Waals surface area (Å²) in [6.07, 6.45) is -0.0656. The number of halogens is 1. The zero-order chi connectivity index (χ0) is 15.5. The second kappa shape index (κ2) is 6.05. The number of hydrogen-bond acceptors (Lipinski definition) is 3. The number of nitrogens with zero attached hydrogens (tertiary/aromatic N) is 1. The van der Waals surface area contributed by atoms with Crippen molar-refractivity contribution in [3.63, 3.8) is 0 Å². The van der Waals surface area contributed by atoms with Gasteiger partial charge in [0.1, 0.15) is 23.4 Å². The number of benzene rings is 2. The van der Waals surface area contributed by atoms with Crippen LogP contribution >= 0.6 is 0 Å². The van der Waals surface area contributed by atoms with E-state index in [2.05, 4.69) is 0 Å². The van der Waals surface area contributed by atoms with Crippen molar-refractivity contribution < 1.29 is 18.7 Å². The summed E-state index contributed by atoms with van der Waals surface area (Å²) in [5.41, 5.74) is 0.102. The van der Waals surface area contributed by atoms with Gasteiger partial charge in [0, 0.05) is 0 Å². The molecule has 0 saturated carbocycles. The Labute approximate surface area is 128 Å². The largest absolute Gasteiger partial charge is 0.497 e. The highest BCUT2D eigenvalue weighted by molar-refractivity contribution is 5.95. The van der Waals surface area contributed by atoms with Crippen LogP contribution in [0.15, 0.2) is 48.5 Å². The van der Waals surface area contributed by atoms with Gasteiger partial charge < -0.3 is 14.4 Å². The number of ether oxygens (including phenoxy) is 2. The molecule has 1 heterocycles. The van der Waals surface area contributed by atoms with Gasteiger partial charge in [-0.25, -0.2) is 4.39 Å². The molecule has 0 aromatic heterocycles. The predicted octanol–water partition coefficient (Wildman–Crippen LogP) is 2.74. The van der Waals surface area contributed by atoms with E-state index in [-0.39, 0.29) is 17.6 Å². The fourth-order valence-electron chi connectivity index (χ4n) is 2.33. The van der Waals surface area contributed by atoms with Crippen LogP contribution in [-0.2, 0) is 0 Å². The number of carbonyl (C=O) groups is 1. The molecule has 4 nitrogen and oxygen atoms in total. The molecular weight excluding hydrogens is 285 g/mol. The van der Waals surface area contributed by atoms with E-state index in [1.54, 1.807) is 24.1 Å². The molecule has 0 aliphatic carbocycles. The third-order valence-corrected chi connectivity index (χ3v) is 3.60. The Balaban J connectivity index is 1.55. The quantitative estimate of drug-likeness (QED) is 0.871. The van der Waals surface area contributed by atoms with Crippen LogP contribution in [-0.4, -0.2) is 37.1 Å². The van der Waals surface area contributed by atoms with Crippen LogP contribution in [0.4, 0.5) is 4.39 Å². The fourth-order valence-corrected chi connectivity index (χ4v) is 2.33. The molecule has 3 rings (SSSR count). The molecule has 0 spiro atoms. The minimum absolute atomic E-state index is 0.0656. The van der Waals surface area contributed by atoms with E-state index in [0.717, 1.165) is 11.5 Å². The molecule has 114 valence electrons. The molecule has 2 aromatic rings. The molecule has 0 N–H and O–H groups in total. The molecule has 22 heavy (non-hydrogen) atoms. The third kappa shape index (κ3) is 2.88. The number of likely N-dealkylation sites (tertiary alicyclic amines) is 1. The Morgan fingerprint density at radius 3 is 2.36 bits per heavy atom.